The van der Waals surface area contributed by atoms with E-state index in [9.17, 15) is 18.0 Å². The molecule has 2 rings (SSSR count). The SMILES string of the molecule is Cc1cc(OCC(=O)Nc2cc(C(F)(F)F)ccc2Cl)ccc1Br. The van der Waals surface area contributed by atoms with Gasteiger partial charge in [0.25, 0.3) is 5.91 Å². The number of rotatable bonds is 4. The summed E-state index contributed by atoms with van der Waals surface area (Å²) >= 11 is 9.16. The van der Waals surface area contributed by atoms with Crippen molar-refractivity contribution < 1.29 is 22.7 Å². The van der Waals surface area contributed by atoms with Gasteiger partial charge in [-0.3, -0.25) is 4.79 Å². The third-order valence-electron chi connectivity index (χ3n) is 3.07. The second-order valence-corrected chi connectivity index (χ2v) is 6.20. The lowest BCUT2D eigenvalue weighted by atomic mass is 10.2. The van der Waals surface area contributed by atoms with Crippen LogP contribution in [-0.2, 0) is 11.0 Å². The van der Waals surface area contributed by atoms with E-state index in [0.717, 1.165) is 28.2 Å². The molecule has 1 amide bonds. The van der Waals surface area contributed by atoms with Crippen LogP contribution in [0.15, 0.2) is 40.9 Å². The van der Waals surface area contributed by atoms with Crippen LogP contribution in [0.4, 0.5) is 18.9 Å². The maximum Gasteiger partial charge on any atom is 0.416 e. The van der Waals surface area contributed by atoms with Gasteiger partial charge in [0.1, 0.15) is 5.75 Å². The lowest BCUT2D eigenvalue weighted by Gasteiger charge is -2.12. The van der Waals surface area contributed by atoms with E-state index in [4.69, 9.17) is 16.3 Å². The van der Waals surface area contributed by atoms with E-state index < -0.39 is 17.6 Å². The second kappa shape index (κ2) is 7.44. The molecule has 24 heavy (non-hydrogen) atoms. The molecule has 128 valence electrons. The molecule has 1 N–H and O–H groups in total. The zero-order valence-electron chi connectivity index (χ0n) is 12.4. The Labute approximate surface area is 149 Å². The molecule has 0 aliphatic carbocycles. The van der Waals surface area contributed by atoms with E-state index in [-0.39, 0.29) is 17.3 Å². The molecule has 0 aromatic heterocycles. The van der Waals surface area contributed by atoms with Crippen LogP contribution in [0.5, 0.6) is 5.75 Å². The highest BCUT2D eigenvalue weighted by Crippen LogP contribution is 2.33. The summed E-state index contributed by atoms with van der Waals surface area (Å²) in [4.78, 5) is 11.9. The number of amides is 1. The first kappa shape index (κ1) is 18.6. The van der Waals surface area contributed by atoms with Crippen molar-refractivity contribution in [3.63, 3.8) is 0 Å². The first-order valence-electron chi connectivity index (χ1n) is 6.72. The van der Waals surface area contributed by atoms with Crippen molar-refractivity contribution in [2.45, 2.75) is 13.1 Å². The molecule has 0 unspecified atom stereocenters. The number of benzene rings is 2. The summed E-state index contributed by atoms with van der Waals surface area (Å²) in [6.07, 6.45) is -4.52. The van der Waals surface area contributed by atoms with Gasteiger partial charge in [0.05, 0.1) is 16.3 Å². The molecule has 0 fully saturated rings. The molecule has 2 aromatic rings. The average Bonchev–Trinajstić information content (AvgIpc) is 2.49. The first-order chi connectivity index (χ1) is 11.2. The first-order valence-corrected chi connectivity index (χ1v) is 7.89. The van der Waals surface area contributed by atoms with Crippen molar-refractivity contribution in [2.75, 3.05) is 11.9 Å². The number of hydrogen-bond acceptors (Lipinski definition) is 2. The minimum atomic E-state index is -4.52. The maximum absolute atomic E-state index is 12.7. The third kappa shape index (κ3) is 4.88. The summed E-state index contributed by atoms with van der Waals surface area (Å²) in [6.45, 7) is 1.51. The number of carbonyl (C=O) groups is 1. The Morgan fingerprint density at radius 3 is 2.58 bits per heavy atom. The van der Waals surface area contributed by atoms with Crippen molar-refractivity contribution in [3.05, 3.63) is 57.0 Å². The van der Waals surface area contributed by atoms with Crippen LogP contribution >= 0.6 is 27.5 Å². The molecule has 3 nitrogen and oxygen atoms in total. The van der Waals surface area contributed by atoms with Crippen molar-refractivity contribution in [3.8, 4) is 5.75 Å². The van der Waals surface area contributed by atoms with Crippen LogP contribution in [0.3, 0.4) is 0 Å². The summed E-state index contributed by atoms with van der Waals surface area (Å²) in [5, 5.41) is 2.32. The van der Waals surface area contributed by atoms with Crippen molar-refractivity contribution >= 4 is 39.1 Å². The Morgan fingerprint density at radius 2 is 1.96 bits per heavy atom. The van der Waals surface area contributed by atoms with Gasteiger partial charge in [-0.2, -0.15) is 13.2 Å². The summed E-state index contributed by atoms with van der Waals surface area (Å²) in [5.74, 6) is -0.141. The molecule has 0 aliphatic rings. The molecule has 0 bridgehead atoms. The van der Waals surface area contributed by atoms with E-state index in [1.54, 1.807) is 18.2 Å². The van der Waals surface area contributed by atoms with Gasteiger partial charge in [0.15, 0.2) is 6.61 Å². The maximum atomic E-state index is 12.7. The lowest BCUT2D eigenvalue weighted by Crippen LogP contribution is -2.20. The number of nitrogens with one attached hydrogen (secondary N) is 1. The Balaban J connectivity index is 2.03. The van der Waals surface area contributed by atoms with E-state index in [2.05, 4.69) is 21.2 Å². The van der Waals surface area contributed by atoms with Gasteiger partial charge >= 0.3 is 6.18 Å². The number of hydrogen-bond donors (Lipinski definition) is 1. The highest BCUT2D eigenvalue weighted by molar-refractivity contribution is 9.10. The molecule has 0 aliphatic heterocycles. The van der Waals surface area contributed by atoms with Gasteiger partial charge in [-0.25, -0.2) is 0 Å². The smallest absolute Gasteiger partial charge is 0.416 e. The van der Waals surface area contributed by atoms with E-state index >= 15 is 0 Å². The Hall–Kier alpha value is -1.73. The predicted molar refractivity (Wildman–Crippen MR) is 89.5 cm³/mol. The Bertz CT molecular complexity index is 765. The molecular formula is C16H12BrClF3NO2. The fraction of sp³-hybridized carbons (Fsp3) is 0.188. The molecule has 0 saturated heterocycles. The fourth-order valence-electron chi connectivity index (χ4n) is 1.84. The predicted octanol–water partition coefficient (Wildman–Crippen LogP) is 5.45. The van der Waals surface area contributed by atoms with Gasteiger partial charge in [-0.05, 0) is 48.9 Å². The number of aryl methyl sites for hydroxylation is 1. The van der Waals surface area contributed by atoms with Gasteiger partial charge < -0.3 is 10.1 Å². The highest BCUT2D eigenvalue weighted by Gasteiger charge is 2.31. The zero-order chi connectivity index (χ0) is 17.9. The number of halogens is 5. The zero-order valence-corrected chi connectivity index (χ0v) is 14.7. The topological polar surface area (TPSA) is 38.3 Å². The quantitative estimate of drug-likeness (QED) is 0.712. The molecule has 0 heterocycles. The summed E-state index contributed by atoms with van der Waals surface area (Å²) in [6, 6.07) is 7.88. The molecule has 2 aromatic carbocycles. The minimum absolute atomic E-state index is 0.0100. The molecular weight excluding hydrogens is 411 g/mol. The minimum Gasteiger partial charge on any atom is -0.484 e. The average molecular weight is 423 g/mol. The van der Waals surface area contributed by atoms with Crippen molar-refractivity contribution in [1.29, 1.82) is 0 Å². The molecule has 0 atom stereocenters. The van der Waals surface area contributed by atoms with Gasteiger partial charge in [-0.1, -0.05) is 27.5 Å². The molecule has 0 spiro atoms. The third-order valence-corrected chi connectivity index (χ3v) is 4.29. The van der Waals surface area contributed by atoms with Gasteiger partial charge in [0, 0.05) is 4.47 Å². The number of carbonyl (C=O) groups excluding carboxylic acids is 1. The van der Waals surface area contributed by atoms with Crippen molar-refractivity contribution in [2.24, 2.45) is 0 Å². The summed E-state index contributed by atoms with van der Waals surface area (Å²) < 4.78 is 44.3. The molecule has 8 heteroatoms. The van der Waals surface area contributed by atoms with Crippen molar-refractivity contribution in [1.82, 2.24) is 0 Å². The van der Waals surface area contributed by atoms with Gasteiger partial charge in [-0.15, -0.1) is 0 Å². The van der Waals surface area contributed by atoms with E-state index in [0.29, 0.717) is 5.75 Å². The van der Waals surface area contributed by atoms with Crippen LogP contribution in [0.2, 0.25) is 5.02 Å². The summed E-state index contributed by atoms with van der Waals surface area (Å²) in [5.41, 5.74) is -0.0902. The normalized spacial score (nSPS) is 11.2. The number of anilines is 1. The van der Waals surface area contributed by atoms with E-state index in [1.807, 2.05) is 6.92 Å². The van der Waals surface area contributed by atoms with Crippen LogP contribution in [-0.4, -0.2) is 12.5 Å². The van der Waals surface area contributed by atoms with Gasteiger partial charge in [0.2, 0.25) is 0 Å². The fourth-order valence-corrected chi connectivity index (χ4v) is 2.25. The Morgan fingerprint density at radius 1 is 1.25 bits per heavy atom. The second-order valence-electron chi connectivity index (χ2n) is 4.94. The lowest BCUT2D eigenvalue weighted by molar-refractivity contribution is -0.137. The van der Waals surface area contributed by atoms with Crippen LogP contribution in [0.25, 0.3) is 0 Å². The van der Waals surface area contributed by atoms with Crippen LogP contribution < -0.4 is 10.1 Å². The van der Waals surface area contributed by atoms with Crippen LogP contribution in [0.1, 0.15) is 11.1 Å². The monoisotopic (exact) mass is 421 g/mol. The molecule has 0 radical (unpaired) electrons. The highest BCUT2D eigenvalue weighted by atomic mass is 79.9. The number of alkyl halides is 3. The van der Waals surface area contributed by atoms with E-state index in [1.165, 1.54) is 0 Å². The largest absolute Gasteiger partial charge is 0.484 e. The summed E-state index contributed by atoms with van der Waals surface area (Å²) in [7, 11) is 0. The van der Waals surface area contributed by atoms with Crippen LogP contribution in [0, 0.1) is 6.92 Å². The standard InChI is InChI=1S/C16H12BrClF3NO2/c1-9-6-11(3-4-12(9)17)24-8-15(23)22-14-7-10(16(19,20)21)2-5-13(14)18/h2-7H,8H2,1H3,(H,22,23). The molecule has 0 saturated carbocycles. The Kier molecular flexibility index (Phi) is 5.77. The number of ether oxygens (including phenoxy) is 1.